The van der Waals surface area contributed by atoms with E-state index in [4.69, 9.17) is 0 Å². The summed E-state index contributed by atoms with van der Waals surface area (Å²) in [6.07, 6.45) is 2.10. The van der Waals surface area contributed by atoms with Crippen LogP contribution >= 0.6 is 11.3 Å². The van der Waals surface area contributed by atoms with Crippen molar-refractivity contribution in [2.24, 2.45) is 7.05 Å². The summed E-state index contributed by atoms with van der Waals surface area (Å²) in [5.41, 5.74) is 1.59. The first-order valence-corrected chi connectivity index (χ1v) is 12.3. The molecule has 160 valence electrons. The minimum absolute atomic E-state index is 0.0270. The Morgan fingerprint density at radius 2 is 2.03 bits per heavy atom. The predicted octanol–water partition coefficient (Wildman–Crippen LogP) is 3.26. The van der Waals surface area contributed by atoms with Gasteiger partial charge in [-0.15, -0.1) is 11.3 Å². The second-order valence-electron chi connectivity index (χ2n) is 8.04. The number of sulfonamides is 1. The lowest BCUT2D eigenvalue weighted by molar-refractivity contribution is 0.0946. The van der Waals surface area contributed by atoms with E-state index < -0.39 is 10.0 Å². The number of hydrogen-bond acceptors (Lipinski definition) is 5. The number of nitrogens with zero attached hydrogens (tertiary/aromatic N) is 3. The summed E-state index contributed by atoms with van der Waals surface area (Å²) in [7, 11) is -1.89. The second kappa shape index (κ2) is 7.79. The van der Waals surface area contributed by atoms with E-state index in [1.165, 1.54) is 21.8 Å². The third-order valence-corrected chi connectivity index (χ3v) is 8.78. The third-order valence-electron chi connectivity index (χ3n) is 5.63. The Morgan fingerprint density at radius 1 is 1.30 bits per heavy atom. The fourth-order valence-corrected chi connectivity index (χ4v) is 6.90. The van der Waals surface area contributed by atoms with E-state index >= 15 is 0 Å². The van der Waals surface area contributed by atoms with Crippen LogP contribution in [0.2, 0.25) is 0 Å². The molecule has 3 heterocycles. The van der Waals surface area contributed by atoms with Crippen molar-refractivity contribution in [1.82, 2.24) is 19.4 Å². The van der Waals surface area contributed by atoms with Gasteiger partial charge in [0.15, 0.2) is 0 Å². The van der Waals surface area contributed by atoms with Crippen molar-refractivity contribution >= 4 is 37.4 Å². The van der Waals surface area contributed by atoms with Gasteiger partial charge in [-0.2, -0.15) is 9.40 Å². The molecule has 7 nitrogen and oxygen atoms in total. The number of amides is 1. The van der Waals surface area contributed by atoms with Gasteiger partial charge in [-0.05, 0) is 44.2 Å². The Bertz CT molecular complexity index is 1210. The van der Waals surface area contributed by atoms with Crippen LogP contribution in [-0.2, 0) is 17.1 Å². The molecule has 1 aliphatic rings. The molecule has 1 saturated heterocycles. The molecule has 1 aromatic carbocycles. The highest BCUT2D eigenvalue weighted by molar-refractivity contribution is 7.89. The molecule has 9 heteroatoms. The molecule has 0 bridgehead atoms. The van der Waals surface area contributed by atoms with Crippen LogP contribution in [0.25, 0.3) is 10.1 Å². The lowest BCUT2D eigenvalue weighted by atomic mass is 9.95. The van der Waals surface area contributed by atoms with Crippen LogP contribution in [0.15, 0.2) is 35.4 Å². The molecule has 0 saturated carbocycles. The summed E-state index contributed by atoms with van der Waals surface area (Å²) in [5, 5.41) is 8.12. The maximum Gasteiger partial charge on any atom is 0.261 e. The van der Waals surface area contributed by atoms with Crippen LogP contribution < -0.4 is 5.32 Å². The Balaban J connectivity index is 1.70. The SMILES string of the molecule is Cc1c(S(=O)(=O)N2CC[C@H](c3c(C(=O)NC(C)C)sc4ccccc34)C2)cnn1C. The molecule has 0 spiro atoms. The minimum atomic E-state index is -3.63. The molecule has 1 fully saturated rings. The van der Waals surface area contributed by atoms with Gasteiger partial charge in [-0.3, -0.25) is 9.48 Å². The molecule has 0 radical (unpaired) electrons. The van der Waals surface area contributed by atoms with Crippen molar-refractivity contribution in [3.8, 4) is 0 Å². The molecular weight excluding hydrogens is 420 g/mol. The van der Waals surface area contributed by atoms with Gasteiger partial charge in [0, 0.05) is 36.8 Å². The van der Waals surface area contributed by atoms with Crippen molar-refractivity contribution in [3.05, 3.63) is 46.6 Å². The van der Waals surface area contributed by atoms with Gasteiger partial charge in [-0.1, -0.05) is 18.2 Å². The van der Waals surface area contributed by atoms with Crippen molar-refractivity contribution in [2.45, 2.75) is 44.0 Å². The van der Waals surface area contributed by atoms with Crippen LogP contribution in [0.5, 0.6) is 0 Å². The summed E-state index contributed by atoms with van der Waals surface area (Å²) in [6, 6.07) is 7.99. The summed E-state index contributed by atoms with van der Waals surface area (Å²) in [5.74, 6) is -0.119. The predicted molar refractivity (Wildman–Crippen MR) is 118 cm³/mol. The molecule has 4 rings (SSSR count). The van der Waals surface area contributed by atoms with E-state index in [1.807, 2.05) is 38.1 Å². The summed E-state index contributed by atoms with van der Waals surface area (Å²) < 4.78 is 30.6. The fraction of sp³-hybridized carbons (Fsp3) is 0.429. The number of nitrogens with one attached hydrogen (secondary N) is 1. The molecule has 0 aliphatic carbocycles. The fourth-order valence-electron chi connectivity index (χ4n) is 4.02. The second-order valence-corrected chi connectivity index (χ2v) is 11.0. The number of aryl methyl sites for hydroxylation is 1. The van der Waals surface area contributed by atoms with Gasteiger partial charge in [0.1, 0.15) is 4.90 Å². The Morgan fingerprint density at radius 3 is 2.70 bits per heavy atom. The maximum absolute atomic E-state index is 13.2. The van der Waals surface area contributed by atoms with Crippen molar-refractivity contribution in [1.29, 1.82) is 0 Å². The Labute approximate surface area is 180 Å². The van der Waals surface area contributed by atoms with Gasteiger partial charge in [-0.25, -0.2) is 8.42 Å². The van der Waals surface area contributed by atoms with E-state index in [9.17, 15) is 13.2 Å². The van der Waals surface area contributed by atoms with E-state index in [2.05, 4.69) is 10.4 Å². The van der Waals surface area contributed by atoms with Crippen LogP contribution in [0.3, 0.4) is 0 Å². The number of carbonyl (C=O) groups excluding carboxylic acids is 1. The molecule has 1 amide bonds. The first-order chi connectivity index (χ1) is 14.2. The topological polar surface area (TPSA) is 84.3 Å². The molecule has 3 aromatic rings. The average molecular weight is 447 g/mol. The zero-order valence-electron chi connectivity index (χ0n) is 17.5. The van der Waals surface area contributed by atoms with E-state index in [0.29, 0.717) is 30.1 Å². The van der Waals surface area contributed by atoms with Crippen LogP contribution in [0.1, 0.15) is 47.1 Å². The van der Waals surface area contributed by atoms with Gasteiger partial charge >= 0.3 is 0 Å². The number of thiophene rings is 1. The van der Waals surface area contributed by atoms with Crippen LogP contribution in [-0.4, -0.2) is 47.5 Å². The molecule has 2 aromatic heterocycles. The van der Waals surface area contributed by atoms with Crippen molar-refractivity contribution in [3.63, 3.8) is 0 Å². The number of aromatic nitrogens is 2. The average Bonchev–Trinajstić information content (AvgIpc) is 3.39. The first-order valence-electron chi connectivity index (χ1n) is 10.0. The molecule has 1 N–H and O–H groups in total. The zero-order chi connectivity index (χ0) is 21.6. The van der Waals surface area contributed by atoms with Gasteiger partial charge in [0.2, 0.25) is 10.0 Å². The largest absolute Gasteiger partial charge is 0.349 e. The van der Waals surface area contributed by atoms with Gasteiger partial charge in [0.25, 0.3) is 5.91 Å². The molecule has 1 aliphatic heterocycles. The van der Waals surface area contributed by atoms with Gasteiger partial charge < -0.3 is 5.32 Å². The smallest absolute Gasteiger partial charge is 0.261 e. The molecule has 0 unspecified atom stereocenters. The Kier molecular flexibility index (Phi) is 5.46. The molecule has 1 atom stereocenters. The standard InChI is InChI=1S/C21H26N4O3S2/c1-13(2)23-21(26)20-19(16-7-5-6-8-17(16)29-20)15-9-10-25(12-15)30(27,28)18-11-22-24(4)14(18)3/h5-8,11,13,15H,9-10,12H2,1-4H3,(H,23,26)/t15-/m0/s1. The van der Waals surface area contributed by atoms with Crippen LogP contribution in [0.4, 0.5) is 0 Å². The monoisotopic (exact) mass is 446 g/mol. The maximum atomic E-state index is 13.2. The van der Waals surface area contributed by atoms with Crippen molar-refractivity contribution < 1.29 is 13.2 Å². The van der Waals surface area contributed by atoms with E-state index in [1.54, 1.807) is 18.7 Å². The highest BCUT2D eigenvalue weighted by Crippen LogP contribution is 2.41. The normalized spacial score (nSPS) is 17.8. The Hall–Kier alpha value is -2.23. The summed E-state index contributed by atoms with van der Waals surface area (Å²) in [6.45, 7) is 6.42. The minimum Gasteiger partial charge on any atom is -0.349 e. The molecule has 30 heavy (non-hydrogen) atoms. The quantitative estimate of drug-likeness (QED) is 0.652. The third kappa shape index (κ3) is 3.55. The number of rotatable bonds is 5. The highest BCUT2D eigenvalue weighted by atomic mass is 32.2. The lowest BCUT2D eigenvalue weighted by Gasteiger charge is -2.17. The van der Waals surface area contributed by atoms with E-state index in [-0.39, 0.29) is 22.8 Å². The van der Waals surface area contributed by atoms with E-state index in [0.717, 1.165) is 15.6 Å². The highest BCUT2D eigenvalue weighted by Gasteiger charge is 2.37. The lowest BCUT2D eigenvalue weighted by Crippen LogP contribution is -2.31. The zero-order valence-corrected chi connectivity index (χ0v) is 19.2. The molecular formula is C21H26N4O3S2. The number of hydrogen-bond donors (Lipinski definition) is 1. The van der Waals surface area contributed by atoms with Crippen LogP contribution in [0, 0.1) is 6.92 Å². The summed E-state index contributed by atoms with van der Waals surface area (Å²) >= 11 is 1.48. The summed E-state index contributed by atoms with van der Waals surface area (Å²) in [4.78, 5) is 13.8. The first kappa shape index (κ1) is 21.0. The number of carbonyl (C=O) groups is 1. The number of fused-ring (bicyclic) bond motifs is 1. The van der Waals surface area contributed by atoms with Gasteiger partial charge in [0.05, 0.1) is 16.8 Å². The number of benzene rings is 1. The van der Waals surface area contributed by atoms with Crippen molar-refractivity contribution in [2.75, 3.05) is 13.1 Å².